The van der Waals surface area contributed by atoms with Gasteiger partial charge in [0.1, 0.15) is 18.1 Å². The second kappa shape index (κ2) is 6.99. The zero-order chi connectivity index (χ0) is 17.1. The molecule has 1 saturated heterocycles. The quantitative estimate of drug-likeness (QED) is 0.751. The first-order valence-electron chi connectivity index (χ1n) is 8.50. The lowest BCUT2D eigenvalue weighted by molar-refractivity contribution is 0.0908. The van der Waals surface area contributed by atoms with Crippen molar-refractivity contribution in [1.82, 2.24) is 10.6 Å². The minimum atomic E-state index is -0.175. The summed E-state index contributed by atoms with van der Waals surface area (Å²) in [4.78, 5) is 12.2. The smallest absolute Gasteiger partial charge is 0.287 e. The molecule has 128 valence electrons. The minimum Gasteiger partial charge on any atom is -0.486 e. The summed E-state index contributed by atoms with van der Waals surface area (Å²) in [5.74, 6) is 1.55. The Morgan fingerprint density at radius 3 is 2.88 bits per heavy atom. The molecule has 2 aromatic carbocycles. The molecule has 2 N–H and O–H groups in total. The molecule has 1 atom stereocenters. The molecule has 0 radical (unpaired) electrons. The van der Waals surface area contributed by atoms with Crippen molar-refractivity contribution >= 4 is 16.7 Å². The number of benzene rings is 2. The lowest BCUT2D eigenvalue weighted by Gasteiger charge is -2.09. The van der Waals surface area contributed by atoms with Crippen molar-refractivity contribution in [2.45, 2.75) is 19.1 Å². The van der Waals surface area contributed by atoms with Crippen molar-refractivity contribution in [3.63, 3.8) is 0 Å². The average Bonchev–Trinajstić information content (AvgIpc) is 3.31. The average molecular weight is 336 g/mol. The van der Waals surface area contributed by atoms with E-state index in [4.69, 9.17) is 9.15 Å². The molecule has 1 fully saturated rings. The maximum Gasteiger partial charge on any atom is 0.287 e. The van der Waals surface area contributed by atoms with E-state index in [0.717, 1.165) is 30.6 Å². The Balaban J connectivity index is 1.37. The van der Waals surface area contributed by atoms with Crippen LogP contribution in [-0.4, -0.2) is 25.0 Å². The van der Waals surface area contributed by atoms with Gasteiger partial charge in [-0.1, -0.05) is 30.3 Å². The maximum absolute atomic E-state index is 12.2. The number of hydrogen-bond donors (Lipinski definition) is 2. The van der Waals surface area contributed by atoms with Crippen LogP contribution in [0.1, 0.15) is 22.7 Å². The molecule has 1 unspecified atom stereocenters. The molecule has 25 heavy (non-hydrogen) atoms. The third-order valence-corrected chi connectivity index (χ3v) is 4.38. The Bertz CT molecular complexity index is 881. The van der Waals surface area contributed by atoms with Gasteiger partial charge >= 0.3 is 0 Å². The first-order chi connectivity index (χ1) is 12.3. The monoisotopic (exact) mass is 336 g/mol. The van der Waals surface area contributed by atoms with Gasteiger partial charge in [-0.15, -0.1) is 0 Å². The number of carbonyl (C=O) groups is 1. The Hall–Kier alpha value is -2.79. The van der Waals surface area contributed by atoms with Crippen LogP contribution < -0.4 is 15.4 Å². The summed E-state index contributed by atoms with van der Waals surface area (Å²) in [6, 6.07) is 17.7. The topological polar surface area (TPSA) is 63.5 Å². The van der Waals surface area contributed by atoms with E-state index in [1.807, 2.05) is 30.3 Å². The summed E-state index contributed by atoms with van der Waals surface area (Å²) in [6.45, 7) is 2.04. The van der Waals surface area contributed by atoms with Crippen LogP contribution in [0.25, 0.3) is 10.8 Å². The fourth-order valence-electron chi connectivity index (χ4n) is 3.02. The molecule has 4 rings (SSSR count). The fourth-order valence-corrected chi connectivity index (χ4v) is 3.02. The number of furan rings is 1. The number of fused-ring (bicyclic) bond motifs is 1. The van der Waals surface area contributed by atoms with Crippen LogP contribution in [0.4, 0.5) is 0 Å². The Morgan fingerprint density at radius 1 is 1.16 bits per heavy atom. The highest BCUT2D eigenvalue weighted by Gasteiger charge is 2.19. The van der Waals surface area contributed by atoms with Crippen molar-refractivity contribution in [3.05, 3.63) is 66.1 Å². The third-order valence-electron chi connectivity index (χ3n) is 4.38. The summed E-state index contributed by atoms with van der Waals surface area (Å²) >= 11 is 0. The van der Waals surface area contributed by atoms with Gasteiger partial charge in [-0.05, 0) is 48.0 Å². The highest BCUT2D eigenvalue weighted by atomic mass is 16.5. The van der Waals surface area contributed by atoms with Gasteiger partial charge in [0.05, 0.1) is 0 Å². The number of amides is 1. The first kappa shape index (κ1) is 15.7. The van der Waals surface area contributed by atoms with Gasteiger partial charge in [-0.3, -0.25) is 4.79 Å². The van der Waals surface area contributed by atoms with E-state index in [-0.39, 0.29) is 18.6 Å². The van der Waals surface area contributed by atoms with Crippen LogP contribution in [0.2, 0.25) is 0 Å². The van der Waals surface area contributed by atoms with Crippen LogP contribution in [-0.2, 0) is 6.61 Å². The Labute approximate surface area is 146 Å². The lowest BCUT2D eigenvalue weighted by Crippen LogP contribution is -2.35. The molecule has 5 heteroatoms. The predicted molar refractivity (Wildman–Crippen MR) is 95.7 cm³/mol. The summed E-state index contributed by atoms with van der Waals surface area (Å²) in [6.07, 6.45) is 0.949. The van der Waals surface area contributed by atoms with Gasteiger partial charge in [0, 0.05) is 12.6 Å². The van der Waals surface area contributed by atoms with Crippen molar-refractivity contribution in [3.8, 4) is 5.75 Å². The molecule has 5 nitrogen and oxygen atoms in total. The van der Waals surface area contributed by atoms with Crippen LogP contribution in [0, 0.1) is 0 Å². The van der Waals surface area contributed by atoms with Crippen molar-refractivity contribution in [1.29, 1.82) is 0 Å². The highest BCUT2D eigenvalue weighted by molar-refractivity contribution is 5.91. The van der Waals surface area contributed by atoms with Crippen LogP contribution in [0.15, 0.2) is 59.0 Å². The zero-order valence-electron chi connectivity index (χ0n) is 13.8. The largest absolute Gasteiger partial charge is 0.486 e. The van der Waals surface area contributed by atoms with Crippen LogP contribution in [0.3, 0.4) is 0 Å². The highest BCUT2D eigenvalue weighted by Crippen LogP contribution is 2.21. The molecule has 0 spiro atoms. The van der Waals surface area contributed by atoms with Crippen LogP contribution in [0.5, 0.6) is 5.75 Å². The molecule has 0 bridgehead atoms. The van der Waals surface area contributed by atoms with Crippen LogP contribution >= 0.6 is 0 Å². The number of hydrogen-bond acceptors (Lipinski definition) is 4. The van der Waals surface area contributed by atoms with Crippen molar-refractivity contribution in [2.24, 2.45) is 0 Å². The van der Waals surface area contributed by atoms with E-state index < -0.39 is 0 Å². The molecule has 1 aromatic heterocycles. The van der Waals surface area contributed by atoms with Crippen molar-refractivity contribution < 1.29 is 13.9 Å². The predicted octanol–water partition coefficient (Wildman–Crippen LogP) is 3.10. The molecule has 1 aliphatic rings. The van der Waals surface area contributed by atoms with Gasteiger partial charge in [0.25, 0.3) is 5.91 Å². The van der Waals surface area contributed by atoms with E-state index in [9.17, 15) is 4.79 Å². The second-order valence-electron chi connectivity index (χ2n) is 6.23. The van der Waals surface area contributed by atoms with Crippen molar-refractivity contribution in [2.75, 3.05) is 13.1 Å². The molecule has 1 aliphatic heterocycles. The third kappa shape index (κ3) is 3.67. The second-order valence-corrected chi connectivity index (χ2v) is 6.23. The fraction of sp³-hybridized carbons (Fsp3) is 0.250. The summed E-state index contributed by atoms with van der Waals surface area (Å²) < 4.78 is 11.4. The molecule has 0 saturated carbocycles. The Kier molecular flexibility index (Phi) is 4.39. The first-order valence-corrected chi connectivity index (χ1v) is 8.50. The maximum atomic E-state index is 12.2. The molecule has 0 aliphatic carbocycles. The van der Waals surface area contributed by atoms with Gasteiger partial charge < -0.3 is 19.8 Å². The van der Waals surface area contributed by atoms with Gasteiger partial charge in [0.2, 0.25) is 0 Å². The zero-order valence-corrected chi connectivity index (χ0v) is 13.8. The number of nitrogens with one attached hydrogen (secondary N) is 2. The van der Waals surface area contributed by atoms with E-state index in [2.05, 4.69) is 22.8 Å². The van der Waals surface area contributed by atoms with E-state index in [1.165, 1.54) is 5.39 Å². The van der Waals surface area contributed by atoms with E-state index in [0.29, 0.717) is 11.5 Å². The SMILES string of the molecule is O=C(NC1CCNC1)c1ccc(COc2ccc3ccccc3c2)o1. The molecular formula is C20H20N2O3. The molecule has 2 heterocycles. The summed E-state index contributed by atoms with van der Waals surface area (Å²) in [5, 5.41) is 8.49. The summed E-state index contributed by atoms with van der Waals surface area (Å²) in [7, 11) is 0. The molecule has 1 amide bonds. The number of ether oxygens (including phenoxy) is 1. The van der Waals surface area contributed by atoms with Gasteiger partial charge in [0.15, 0.2) is 5.76 Å². The number of rotatable bonds is 5. The molecular weight excluding hydrogens is 316 g/mol. The Morgan fingerprint density at radius 2 is 2.04 bits per heavy atom. The van der Waals surface area contributed by atoms with Gasteiger partial charge in [-0.25, -0.2) is 0 Å². The minimum absolute atomic E-state index is 0.175. The van der Waals surface area contributed by atoms with Gasteiger partial charge in [-0.2, -0.15) is 0 Å². The van der Waals surface area contributed by atoms with E-state index in [1.54, 1.807) is 12.1 Å². The lowest BCUT2D eigenvalue weighted by atomic mass is 10.1. The normalized spacial score (nSPS) is 16.9. The summed E-state index contributed by atoms with van der Waals surface area (Å²) in [5.41, 5.74) is 0. The number of carbonyl (C=O) groups excluding carboxylic acids is 1. The molecule has 3 aromatic rings. The standard InChI is InChI=1S/C20H20N2O3/c23-20(22-16-9-10-21-12-16)19-8-7-18(25-19)13-24-17-6-5-14-3-1-2-4-15(14)11-17/h1-8,11,16,21H,9-10,12-13H2,(H,22,23). The van der Waals surface area contributed by atoms with E-state index >= 15 is 0 Å².